The van der Waals surface area contributed by atoms with Crippen molar-refractivity contribution in [2.45, 2.75) is 44.6 Å². The van der Waals surface area contributed by atoms with Gasteiger partial charge in [0.1, 0.15) is 0 Å². The van der Waals surface area contributed by atoms with Gasteiger partial charge >= 0.3 is 0 Å². The van der Waals surface area contributed by atoms with Crippen LogP contribution in [0.1, 0.15) is 37.1 Å². The number of nitrogens with two attached hydrogens (primary N) is 1. The highest BCUT2D eigenvalue weighted by Gasteiger charge is 2.54. The van der Waals surface area contributed by atoms with Gasteiger partial charge in [-0.25, -0.2) is 0 Å². The molecule has 2 rings (SSSR count). The van der Waals surface area contributed by atoms with Crippen molar-refractivity contribution in [3.63, 3.8) is 0 Å². The van der Waals surface area contributed by atoms with Crippen molar-refractivity contribution in [3.05, 3.63) is 21.9 Å². The minimum absolute atomic E-state index is 0.0652. The quantitative estimate of drug-likeness (QED) is 0.771. The third kappa shape index (κ3) is 1.32. The molecule has 0 amide bonds. The molecule has 0 aromatic carbocycles. The molecule has 1 nitrogen and oxygen atoms in total. The lowest BCUT2D eigenvalue weighted by Gasteiger charge is -2.29. The Kier molecular flexibility index (Phi) is 1.83. The van der Waals surface area contributed by atoms with Gasteiger partial charge in [-0.3, -0.25) is 0 Å². The number of hydrogen-bond acceptors (Lipinski definition) is 2. The minimum Gasteiger partial charge on any atom is -0.325 e. The van der Waals surface area contributed by atoms with Crippen LogP contribution in [-0.4, -0.2) is 5.54 Å². The Hall–Kier alpha value is -0.340. The van der Waals surface area contributed by atoms with Gasteiger partial charge in [0.25, 0.3) is 0 Å². The number of rotatable bonds is 2. The zero-order valence-corrected chi connectivity index (χ0v) is 9.37. The van der Waals surface area contributed by atoms with Crippen LogP contribution in [0.2, 0.25) is 0 Å². The summed E-state index contributed by atoms with van der Waals surface area (Å²) in [4.78, 5) is 1.48. The largest absolute Gasteiger partial charge is 0.325 e. The Balaban J connectivity index is 2.36. The summed E-state index contributed by atoms with van der Waals surface area (Å²) < 4.78 is 0. The highest BCUT2D eigenvalue weighted by molar-refractivity contribution is 7.10. The molecule has 72 valence electrons. The Bertz CT molecular complexity index is 315. The van der Waals surface area contributed by atoms with E-state index in [1.807, 2.05) is 11.3 Å². The van der Waals surface area contributed by atoms with Crippen LogP contribution in [0.5, 0.6) is 0 Å². The van der Waals surface area contributed by atoms with Crippen molar-refractivity contribution in [3.8, 4) is 0 Å². The van der Waals surface area contributed by atoms with Crippen LogP contribution < -0.4 is 5.73 Å². The van der Waals surface area contributed by atoms with Gasteiger partial charge in [0.2, 0.25) is 0 Å². The van der Waals surface area contributed by atoms with Crippen LogP contribution in [0, 0.1) is 6.92 Å². The average molecular weight is 195 g/mol. The van der Waals surface area contributed by atoms with E-state index in [0.717, 1.165) is 0 Å². The monoisotopic (exact) mass is 195 g/mol. The van der Waals surface area contributed by atoms with Crippen molar-refractivity contribution in [2.75, 3.05) is 0 Å². The second-order valence-electron chi connectivity index (χ2n) is 4.79. The average Bonchev–Trinajstić information content (AvgIpc) is 2.70. The van der Waals surface area contributed by atoms with Gasteiger partial charge in [-0.05, 0) is 50.6 Å². The Morgan fingerprint density at radius 1 is 1.46 bits per heavy atom. The molecule has 0 bridgehead atoms. The molecule has 1 fully saturated rings. The molecule has 1 saturated carbocycles. The standard InChI is InChI=1S/C11H17NS/c1-8-6-9(13-7-8)11(4-5-11)10(2,3)12/h6-7H,4-5,12H2,1-3H3. The van der Waals surface area contributed by atoms with Gasteiger partial charge in [0.15, 0.2) is 0 Å². The zero-order chi connectivity index (χ0) is 9.69. The van der Waals surface area contributed by atoms with E-state index >= 15 is 0 Å². The van der Waals surface area contributed by atoms with Crippen LogP contribution in [-0.2, 0) is 5.41 Å². The summed E-state index contributed by atoms with van der Waals surface area (Å²) in [7, 11) is 0. The topological polar surface area (TPSA) is 26.0 Å². The Labute approximate surface area is 84.0 Å². The molecule has 0 aliphatic heterocycles. The molecule has 0 saturated heterocycles. The van der Waals surface area contributed by atoms with E-state index in [0.29, 0.717) is 5.41 Å². The van der Waals surface area contributed by atoms with E-state index in [4.69, 9.17) is 5.73 Å². The molecular formula is C11H17NS. The third-order valence-corrected chi connectivity index (χ3v) is 4.44. The molecule has 0 spiro atoms. The number of hydrogen-bond donors (Lipinski definition) is 1. The lowest BCUT2D eigenvalue weighted by atomic mass is 9.83. The first-order valence-electron chi connectivity index (χ1n) is 4.80. The summed E-state index contributed by atoms with van der Waals surface area (Å²) in [5, 5.41) is 2.22. The first-order chi connectivity index (χ1) is 5.96. The van der Waals surface area contributed by atoms with Crippen LogP contribution >= 0.6 is 11.3 Å². The van der Waals surface area contributed by atoms with E-state index < -0.39 is 0 Å². The summed E-state index contributed by atoms with van der Waals surface area (Å²) in [6, 6.07) is 2.30. The smallest absolute Gasteiger partial charge is 0.0222 e. The predicted molar refractivity (Wildman–Crippen MR) is 58.2 cm³/mol. The maximum atomic E-state index is 6.22. The molecule has 0 atom stereocenters. The summed E-state index contributed by atoms with van der Waals surface area (Å²) in [6.45, 7) is 6.45. The van der Waals surface area contributed by atoms with Crippen molar-refractivity contribution in [1.82, 2.24) is 0 Å². The molecule has 1 heterocycles. The highest BCUT2D eigenvalue weighted by atomic mass is 32.1. The Morgan fingerprint density at radius 3 is 2.38 bits per heavy atom. The maximum absolute atomic E-state index is 6.22. The van der Waals surface area contributed by atoms with Crippen molar-refractivity contribution >= 4 is 11.3 Å². The fourth-order valence-electron chi connectivity index (χ4n) is 2.02. The molecular weight excluding hydrogens is 178 g/mol. The maximum Gasteiger partial charge on any atom is 0.0222 e. The molecule has 2 heteroatoms. The molecule has 2 N–H and O–H groups in total. The lowest BCUT2D eigenvalue weighted by Crippen LogP contribution is -2.44. The van der Waals surface area contributed by atoms with Gasteiger partial charge < -0.3 is 5.73 Å². The lowest BCUT2D eigenvalue weighted by molar-refractivity contribution is 0.397. The van der Waals surface area contributed by atoms with Crippen LogP contribution in [0.25, 0.3) is 0 Å². The predicted octanol–water partition coefficient (Wildman–Crippen LogP) is 2.83. The van der Waals surface area contributed by atoms with Crippen LogP contribution in [0.15, 0.2) is 11.4 Å². The van der Waals surface area contributed by atoms with E-state index in [1.165, 1.54) is 23.3 Å². The fraction of sp³-hybridized carbons (Fsp3) is 0.636. The second-order valence-corrected chi connectivity index (χ2v) is 5.70. The normalized spacial score (nSPS) is 20.3. The van der Waals surface area contributed by atoms with E-state index in [2.05, 4.69) is 32.2 Å². The summed E-state index contributed by atoms with van der Waals surface area (Å²) >= 11 is 1.87. The van der Waals surface area contributed by atoms with Crippen LogP contribution in [0.3, 0.4) is 0 Å². The first-order valence-corrected chi connectivity index (χ1v) is 5.68. The van der Waals surface area contributed by atoms with Crippen LogP contribution in [0.4, 0.5) is 0 Å². The first kappa shape index (κ1) is 9.22. The van der Waals surface area contributed by atoms with Gasteiger partial charge in [-0.15, -0.1) is 11.3 Å². The molecule has 1 aromatic rings. The second kappa shape index (κ2) is 2.58. The molecule has 13 heavy (non-hydrogen) atoms. The summed E-state index contributed by atoms with van der Waals surface area (Å²) in [5.74, 6) is 0. The highest BCUT2D eigenvalue weighted by Crippen LogP contribution is 2.56. The Morgan fingerprint density at radius 2 is 2.08 bits per heavy atom. The summed E-state index contributed by atoms with van der Waals surface area (Å²) in [5.41, 5.74) is 7.83. The van der Waals surface area contributed by atoms with E-state index in [-0.39, 0.29) is 5.54 Å². The number of aryl methyl sites for hydroxylation is 1. The molecule has 0 unspecified atom stereocenters. The number of thiophene rings is 1. The minimum atomic E-state index is -0.0652. The molecule has 1 aliphatic rings. The van der Waals surface area contributed by atoms with E-state index in [9.17, 15) is 0 Å². The fourth-order valence-corrected chi connectivity index (χ4v) is 3.34. The van der Waals surface area contributed by atoms with Crippen molar-refractivity contribution < 1.29 is 0 Å². The zero-order valence-electron chi connectivity index (χ0n) is 8.55. The van der Waals surface area contributed by atoms with Crippen molar-refractivity contribution in [2.24, 2.45) is 5.73 Å². The summed E-state index contributed by atoms with van der Waals surface area (Å²) in [6.07, 6.45) is 2.52. The third-order valence-electron chi connectivity index (χ3n) is 3.19. The van der Waals surface area contributed by atoms with E-state index in [1.54, 1.807) is 0 Å². The van der Waals surface area contributed by atoms with Gasteiger partial charge in [0, 0.05) is 15.8 Å². The van der Waals surface area contributed by atoms with Crippen molar-refractivity contribution in [1.29, 1.82) is 0 Å². The molecule has 1 aromatic heterocycles. The van der Waals surface area contributed by atoms with Gasteiger partial charge in [-0.2, -0.15) is 0 Å². The van der Waals surface area contributed by atoms with Gasteiger partial charge in [0.05, 0.1) is 0 Å². The molecule has 1 aliphatic carbocycles. The SMILES string of the molecule is Cc1csc(C2(C(C)(C)N)CC2)c1. The van der Waals surface area contributed by atoms with Gasteiger partial charge in [-0.1, -0.05) is 0 Å². The molecule has 0 radical (unpaired) electrons.